The van der Waals surface area contributed by atoms with E-state index in [1.807, 2.05) is 12.1 Å². The van der Waals surface area contributed by atoms with Crippen LogP contribution in [0.4, 0.5) is 0 Å². The Labute approximate surface area is 198 Å². The van der Waals surface area contributed by atoms with Crippen molar-refractivity contribution in [1.29, 1.82) is 0 Å². The van der Waals surface area contributed by atoms with Gasteiger partial charge in [0.1, 0.15) is 17.1 Å². The van der Waals surface area contributed by atoms with Crippen LogP contribution in [-0.2, 0) is 16.1 Å². The largest absolute Gasteiger partial charge is 0.497 e. The molecule has 1 heterocycles. The summed E-state index contributed by atoms with van der Waals surface area (Å²) >= 11 is 5.99. The fraction of sp³-hybridized carbons (Fsp3) is 0.417. The van der Waals surface area contributed by atoms with E-state index in [2.05, 4.69) is 4.90 Å². The molecule has 0 bridgehead atoms. The first-order valence-electron chi connectivity index (χ1n) is 10.8. The molecule has 8 nitrogen and oxygen atoms in total. The summed E-state index contributed by atoms with van der Waals surface area (Å²) in [7, 11) is 1.48. The number of nitrogens with zero attached hydrogens (tertiary/aromatic N) is 2. The molecule has 0 spiro atoms. The molecule has 1 fully saturated rings. The van der Waals surface area contributed by atoms with E-state index in [-0.39, 0.29) is 23.8 Å². The fourth-order valence-electron chi connectivity index (χ4n) is 3.57. The highest BCUT2D eigenvalue weighted by Crippen LogP contribution is 2.25. The predicted octanol–water partition coefficient (Wildman–Crippen LogP) is 3.18. The second-order valence-electron chi connectivity index (χ2n) is 7.71. The van der Waals surface area contributed by atoms with Crippen LogP contribution in [0, 0.1) is 0 Å². The number of carboxylic acid groups (broad SMARTS) is 1. The van der Waals surface area contributed by atoms with E-state index in [9.17, 15) is 14.7 Å². The number of hydrogen-bond donors (Lipinski definition) is 1. The van der Waals surface area contributed by atoms with Crippen LogP contribution in [0.25, 0.3) is 0 Å². The molecule has 2 aromatic carbocycles. The van der Waals surface area contributed by atoms with Gasteiger partial charge in [0.15, 0.2) is 6.61 Å². The minimum atomic E-state index is -1.14. The number of aromatic carboxylic acids is 1. The van der Waals surface area contributed by atoms with E-state index in [4.69, 9.17) is 25.8 Å². The maximum Gasteiger partial charge on any atom is 0.339 e. The molecule has 1 aliphatic heterocycles. The first-order chi connectivity index (χ1) is 16.0. The van der Waals surface area contributed by atoms with Crippen LogP contribution in [0.15, 0.2) is 42.5 Å². The average molecular weight is 477 g/mol. The van der Waals surface area contributed by atoms with Crippen LogP contribution < -0.4 is 9.47 Å². The quantitative estimate of drug-likeness (QED) is 0.532. The number of amides is 1. The van der Waals surface area contributed by atoms with Crippen molar-refractivity contribution in [2.24, 2.45) is 0 Å². The molecule has 0 aliphatic carbocycles. The summed E-state index contributed by atoms with van der Waals surface area (Å²) in [4.78, 5) is 28.6. The van der Waals surface area contributed by atoms with Crippen molar-refractivity contribution in [3.05, 3.63) is 58.6 Å². The maximum atomic E-state index is 13.1. The van der Waals surface area contributed by atoms with Gasteiger partial charge in [0.2, 0.25) is 0 Å². The smallest absolute Gasteiger partial charge is 0.339 e. The lowest BCUT2D eigenvalue weighted by atomic mass is 10.2. The molecule has 0 saturated carbocycles. The molecular formula is C24H29ClN2O6. The van der Waals surface area contributed by atoms with Crippen LogP contribution >= 0.6 is 11.6 Å². The van der Waals surface area contributed by atoms with Crippen molar-refractivity contribution in [3.8, 4) is 11.5 Å². The van der Waals surface area contributed by atoms with Gasteiger partial charge in [-0.1, -0.05) is 23.7 Å². The monoisotopic (exact) mass is 476 g/mol. The van der Waals surface area contributed by atoms with Crippen molar-refractivity contribution >= 4 is 23.5 Å². The SMILES string of the molecule is COc1ccc(C(=O)O)c(OCC(=O)N(CCCN2CCOCC2)Cc2ccc(Cl)cc2)c1. The second-order valence-corrected chi connectivity index (χ2v) is 8.14. The minimum Gasteiger partial charge on any atom is -0.497 e. The number of morpholine rings is 1. The summed E-state index contributed by atoms with van der Waals surface area (Å²) in [6.07, 6.45) is 0.804. The summed E-state index contributed by atoms with van der Waals surface area (Å²) in [6, 6.07) is 11.8. The number of carbonyl (C=O) groups is 2. The Balaban J connectivity index is 1.65. The fourth-order valence-corrected chi connectivity index (χ4v) is 3.69. The Morgan fingerprint density at radius 2 is 1.88 bits per heavy atom. The molecule has 0 unspecified atom stereocenters. The molecule has 33 heavy (non-hydrogen) atoms. The van der Waals surface area contributed by atoms with Crippen molar-refractivity contribution in [2.75, 3.05) is 53.1 Å². The molecule has 178 valence electrons. The molecule has 2 aromatic rings. The van der Waals surface area contributed by atoms with Crippen molar-refractivity contribution in [3.63, 3.8) is 0 Å². The summed E-state index contributed by atoms with van der Waals surface area (Å²) in [5.41, 5.74) is 0.923. The van der Waals surface area contributed by atoms with Crippen LogP contribution in [0.5, 0.6) is 11.5 Å². The Morgan fingerprint density at radius 1 is 1.15 bits per heavy atom. The van der Waals surface area contributed by atoms with Gasteiger partial charge < -0.3 is 24.2 Å². The van der Waals surface area contributed by atoms with Gasteiger partial charge in [0.05, 0.1) is 20.3 Å². The molecular weight excluding hydrogens is 448 g/mol. The Bertz CT molecular complexity index is 931. The van der Waals surface area contributed by atoms with Crippen molar-refractivity contribution < 1.29 is 28.9 Å². The van der Waals surface area contributed by atoms with Crippen LogP contribution in [0.3, 0.4) is 0 Å². The number of halogens is 1. The van der Waals surface area contributed by atoms with Gasteiger partial charge in [0, 0.05) is 43.8 Å². The number of ether oxygens (including phenoxy) is 3. The summed E-state index contributed by atoms with van der Waals surface area (Å²) < 4.78 is 16.2. The lowest BCUT2D eigenvalue weighted by Crippen LogP contribution is -2.40. The zero-order valence-corrected chi connectivity index (χ0v) is 19.4. The molecule has 0 aromatic heterocycles. The number of benzene rings is 2. The molecule has 0 radical (unpaired) electrons. The third-order valence-corrected chi connectivity index (χ3v) is 5.67. The van der Waals surface area contributed by atoms with Crippen LogP contribution in [0.1, 0.15) is 22.3 Å². The summed E-state index contributed by atoms with van der Waals surface area (Å²) in [5, 5.41) is 10.1. The van der Waals surface area contributed by atoms with Crippen molar-refractivity contribution in [2.45, 2.75) is 13.0 Å². The maximum absolute atomic E-state index is 13.1. The number of carboxylic acids is 1. The third kappa shape index (κ3) is 7.63. The van der Waals surface area contributed by atoms with Crippen molar-refractivity contribution in [1.82, 2.24) is 9.80 Å². The molecule has 1 N–H and O–H groups in total. The van der Waals surface area contributed by atoms with Gasteiger partial charge in [0.25, 0.3) is 5.91 Å². The molecule has 0 atom stereocenters. The van der Waals surface area contributed by atoms with E-state index >= 15 is 0 Å². The summed E-state index contributed by atoms with van der Waals surface area (Å²) in [6.45, 7) is 4.79. The zero-order chi connectivity index (χ0) is 23.6. The van der Waals surface area contributed by atoms with E-state index in [1.54, 1.807) is 17.0 Å². The highest BCUT2D eigenvalue weighted by atomic mass is 35.5. The lowest BCUT2D eigenvalue weighted by Gasteiger charge is -2.28. The first kappa shape index (κ1) is 24.8. The van der Waals surface area contributed by atoms with E-state index in [0.717, 1.165) is 44.8 Å². The number of rotatable bonds is 11. The van der Waals surface area contributed by atoms with Gasteiger partial charge in [-0.2, -0.15) is 0 Å². The lowest BCUT2D eigenvalue weighted by molar-refractivity contribution is -0.134. The summed E-state index contributed by atoms with van der Waals surface area (Å²) in [5.74, 6) is -0.823. The van der Waals surface area contributed by atoms with Gasteiger partial charge >= 0.3 is 5.97 Å². The van der Waals surface area contributed by atoms with Gasteiger partial charge in [-0.05, 0) is 36.2 Å². The highest BCUT2D eigenvalue weighted by molar-refractivity contribution is 6.30. The van der Waals surface area contributed by atoms with Gasteiger partial charge in [-0.25, -0.2) is 4.79 Å². The Morgan fingerprint density at radius 3 is 2.55 bits per heavy atom. The minimum absolute atomic E-state index is 0.0276. The Hall–Kier alpha value is -2.81. The molecule has 1 aliphatic rings. The number of hydrogen-bond acceptors (Lipinski definition) is 6. The number of carbonyl (C=O) groups excluding carboxylic acids is 1. The first-order valence-corrected chi connectivity index (χ1v) is 11.2. The second kappa shape index (κ2) is 12.4. The zero-order valence-electron chi connectivity index (χ0n) is 18.7. The standard InChI is InChI=1S/C24H29ClN2O6/c1-31-20-7-8-21(24(29)30)22(15-20)33-17-23(28)27(16-18-3-5-19(25)6-4-18)10-2-9-26-11-13-32-14-12-26/h3-8,15H,2,9-14,16-17H2,1H3,(H,29,30). The predicted molar refractivity (Wildman–Crippen MR) is 124 cm³/mol. The van der Waals surface area contributed by atoms with Gasteiger partial charge in [-0.3, -0.25) is 9.69 Å². The van der Waals surface area contributed by atoms with Crippen LogP contribution in [-0.4, -0.2) is 79.9 Å². The Kier molecular flexibility index (Phi) is 9.35. The van der Waals surface area contributed by atoms with E-state index in [0.29, 0.717) is 23.9 Å². The molecule has 1 saturated heterocycles. The third-order valence-electron chi connectivity index (χ3n) is 5.42. The normalized spacial score (nSPS) is 14.0. The highest BCUT2D eigenvalue weighted by Gasteiger charge is 2.19. The molecule has 1 amide bonds. The van der Waals surface area contributed by atoms with E-state index in [1.165, 1.54) is 25.3 Å². The topological polar surface area (TPSA) is 88.5 Å². The van der Waals surface area contributed by atoms with Gasteiger partial charge in [-0.15, -0.1) is 0 Å². The average Bonchev–Trinajstić information content (AvgIpc) is 2.83. The van der Waals surface area contributed by atoms with E-state index < -0.39 is 5.97 Å². The van der Waals surface area contributed by atoms with Crippen LogP contribution in [0.2, 0.25) is 5.02 Å². The number of methoxy groups -OCH3 is 1. The molecule has 9 heteroatoms. The molecule has 3 rings (SSSR count).